The molecule has 30 heavy (non-hydrogen) atoms. The Kier molecular flexibility index (Phi) is 6.80. The van der Waals surface area contributed by atoms with Crippen LogP contribution in [-0.2, 0) is 16.4 Å². The quantitative estimate of drug-likeness (QED) is 0.570. The Morgan fingerprint density at radius 2 is 1.67 bits per heavy atom. The minimum atomic E-state index is -3.23. The van der Waals surface area contributed by atoms with Crippen molar-refractivity contribution in [1.29, 1.82) is 0 Å². The van der Waals surface area contributed by atoms with Gasteiger partial charge in [0.25, 0.3) is 0 Å². The van der Waals surface area contributed by atoms with Gasteiger partial charge in [-0.05, 0) is 60.0 Å². The summed E-state index contributed by atoms with van der Waals surface area (Å²) in [5.74, 6) is 1.58. The number of hydrogen-bond acceptors (Lipinski definition) is 5. The molecule has 6 heteroatoms. The molecule has 0 amide bonds. The first-order valence-electron chi connectivity index (χ1n) is 9.66. The Hall–Kier alpha value is -2.83. The van der Waals surface area contributed by atoms with Crippen molar-refractivity contribution in [3.05, 3.63) is 77.9 Å². The number of benzene rings is 3. The fourth-order valence-corrected chi connectivity index (χ4v) is 3.90. The number of rotatable bonds is 8. The molecule has 0 aliphatic heterocycles. The van der Waals surface area contributed by atoms with Gasteiger partial charge in [-0.3, -0.25) is 0 Å². The van der Waals surface area contributed by atoms with Gasteiger partial charge in [-0.1, -0.05) is 30.3 Å². The average molecular weight is 426 g/mol. The van der Waals surface area contributed by atoms with Crippen LogP contribution in [0.2, 0.25) is 0 Å². The van der Waals surface area contributed by atoms with E-state index in [-0.39, 0.29) is 6.04 Å². The summed E-state index contributed by atoms with van der Waals surface area (Å²) in [4.78, 5) is 0.301. The molecule has 158 valence electrons. The third kappa shape index (κ3) is 5.20. The van der Waals surface area contributed by atoms with E-state index in [4.69, 9.17) is 9.47 Å². The highest BCUT2D eigenvalue weighted by atomic mass is 32.2. The molecule has 0 radical (unpaired) electrons. The third-order valence-corrected chi connectivity index (χ3v) is 6.19. The second-order valence-corrected chi connectivity index (χ2v) is 9.23. The van der Waals surface area contributed by atoms with Crippen LogP contribution in [0.1, 0.15) is 24.1 Å². The fraction of sp³-hybridized carbons (Fsp3) is 0.250. The summed E-state index contributed by atoms with van der Waals surface area (Å²) in [6, 6.07) is 21.1. The molecule has 0 aliphatic carbocycles. The summed E-state index contributed by atoms with van der Waals surface area (Å²) >= 11 is 0. The Labute approximate surface area is 178 Å². The number of sulfone groups is 1. The van der Waals surface area contributed by atoms with Gasteiger partial charge >= 0.3 is 0 Å². The summed E-state index contributed by atoms with van der Waals surface area (Å²) in [6.07, 6.45) is 1.21. The zero-order chi connectivity index (χ0) is 21.7. The topological polar surface area (TPSA) is 64.6 Å². The lowest BCUT2D eigenvalue weighted by atomic mass is 10.0. The minimum Gasteiger partial charge on any atom is -0.497 e. The Morgan fingerprint density at radius 1 is 0.933 bits per heavy atom. The second kappa shape index (κ2) is 9.32. The smallest absolute Gasteiger partial charge is 0.175 e. The molecular formula is C24H27NO4S. The maximum absolute atomic E-state index is 11.7. The SMILES string of the molecule is COc1cccc([C@@H](C)NCc2ccc(OC)c(-c3ccc(S(C)(=O)=O)cc3)c2)c1. The van der Waals surface area contributed by atoms with Gasteiger partial charge in [0, 0.05) is 24.4 Å². The molecule has 0 bridgehead atoms. The predicted octanol–water partition coefficient (Wildman–Crippen LogP) is 4.63. The standard InChI is InChI=1S/C24H27NO4S/c1-17(20-6-5-7-21(15-20)28-2)25-16-18-8-13-24(29-3)23(14-18)19-9-11-22(12-10-19)30(4,26)27/h5-15,17,25H,16H2,1-4H3/t17-/m1/s1. The number of hydrogen-bond donors (Lipinski definition) is 1. The maximum Gasteiger partial charge on any atom is 0.175 e. The first kappa shape index (κ1) is 21.9. The zero-order valence-corrected chi connectivity index (χ0v) is 18.5. The van der Waals surface area contributed by atoms with Gasteiger partial charge in [0.1, 0.15) is 11.5 Å². The Morgan fingerprint density at radius 3 is 2.30 bits per heavy atom. The van der Waals surface area contributed by atoms with E-state index in [0.717, 1.165) is 33.8 Å². The summed E-state index contributed by atoms with van der Waals surface area (Å²) in [5.41, 5.74) is 4.08. The number of ether oxygens (including phenoxy) is 2. The van der Waals surface area contributed by atoms with E-state index in [9.17, 15) is 8.42 Å². The molecular weight excluding hydrogens is 398 g/mol. The molecule has 0 aliphatic rings. The van der Waals surface area contributed by atoms with E-state index >= 15 is 0 Å². The Balaban J connectivity index is 1.80. The van der Waals surface area contributed by atoms with Gasteiger partial charge in [0.2, 0.25) is 0 Å². The van der Waals surface area contributed by atoms with E-state index < -0.39 is 9.84 Å². The largest absolute Gasteiger partial charge is 0.497 e. The average Bonchev–Trinajstić information content (AvgIpc) is 2.76. The van der Waals surface area contributed by atoms with Crippen LogP contribution in [0, 0.1) is 0 Å². The summed E-state index contributed by atoms with van der Waals surface area (Å²) in [5, 5.41) is 3.54. The van der Waals surface area contributed by atoms with Crippen molar-refractivity contribution in [1.82, 2.24) is 5.32 Å². The van der Waals surface area contributed by atoms with Gasteiger partial charge in [0.05, 0.1) is 19.1 Å². The summed E-state index contributed by atoms with van der Waals surface area (Å²) in [6.45, 7) is 2.79. The van der Waals surface area contributed by atoms with Crippen LogP contribution in [-0.4, -0.2) is 28.9 Å². The normalized spacial score (nSPS) is 12.4. The van der Waals surface area contributed by atoms with Crippen molar-refractivity contribution < 1.29 is 17.9 Å². The molecule has 0 aromatic heterocycles. The van der Waals surface area contributed by atoms with Crippen LogP contribution < -0.4 is 14.8 Å². The van der Waals surface area contributed by atoms with Crippen LogP contribution in [0.5, 0.6) is 11.5 Å². The molecule has 5 nitrogen and oxygen atoms in total. The Bertz CT molecular complexity index is 1110. The zero-order valence-electron chi connectivity index (χ0n) is 17.7. The fourth-order valence-electron chi connectivity index (χ4n) is 3.27. The molecule has 3 aromatic rings. The van der Waals surface area contributed by atoms with Crippen molar-refractivity contribution in [2.75, 3.05) is 20.5 Å². The first-order chi connectivity index (χ1) is 14.3. The minimum absolute atomic E-state index is 0.152. The highest BCUT2D eigenvalue weighted by molar-refractivity contribution is 7.90. The van der Waals surface area contributed by atoms with Crippen LogP contribution in [0.25, 0.3) is 11.1 Å². The highest BCUT2D eigenvalue weighted by Gasteiger charge is 2.12. The van der Waals surface area contributed by atoms with Crippen LogP contribution in [0.4, 0.5) is 0 Å². The maximum atomic E-state index is 11.7. The van der Waals surface area contributed by atoms with E-state index in [1.54, 1.807) is 26.4 Å². The molecule has 0 fully saturated rings. The molecule has 1 N–H and O–H groups in total. The van der Waals surface area contributed by atoms with Crippen LogP contribution in [0.15, 0.2) is 71.6 Å². The lowest BCUT2D eigenvalue weighted by molar-refractivity contribution is 0.413. The first-order valence-corrected chi connectivity index (χ1v) is 11.6. The lowest BCUT2D eigenvalue weighted by Gasteiger charge is -2.16. The van der Waals surface area contributed by atoms with Crippen molar-refractivity contribution in [2.24, 2.45) is 0 Å². The predicted molar refractivity (Wildman–Crippen MR) is 120 cm³/mol. The van der Waals surface area contributed by atoms with Gasteiger partial charge in [-0.25, -0.2) is 8.42 Å². The number of methoxy groups -OCH3 is 2. The van der Waals surface area contributed by atoms with Crippen LogP contribution in [0.3, 0.4) is 0 Å². The molecule has 0 saturated carbocycles. The van der Waals surface area contributed by atoms with E-state index in [1.165, 1.54) is 6.26 Å². The molecule has 0 saturated heterocycles. The van der Waals surface area contributed by atoms with Crippen molar-refractivity contribution in [3.63, 3.8) is 0 Å². The molecule has 1 atom stereocenters. The summed E-state index contributed by atoms with van der Waals surface area (Å²) in [7, 11) is 0.0713. The monoisotopic (exact) mass is 425 g/mol. The molecule has 3 rings (SSSR count). The third-order valence-electron chi connectivity index (χ3n) is 5.06. The van der Waals surface area contributed by atoms with Gasteiger partial charge < -0.3 is 14.8 Å². The highest BCUT2D eigenvalue weighted by Crippen LogP contribution is 2.32. The van der Waals surface area contributed by atoms with Crippen molar-refractivity contribution in [2.45, 2.75) is 24.4 Å². The van der Waals surface area contributed by atoms with Crippen molar-refractivity contribution in [3.8, 4) is 22.6 Å². The van der Waals surface area contributed by atoms with E-state index in [2.05, 4.69) is 24.4 Å². The van der Waals surface area contributed by atoms with Crippen LogP contribution >= 0.6 is 0 Å². The molecule has 0 spiro atoms. The van der Waals surface area contributed by atoms with Gasteiger partial charge in [-0.2, -0.15) is 0 Å². The van der Waals surface area contributed by atoms with E-state index in [0.29, 0.717) is 11.4 Å². The molecule has 3 aromatic carbocycles. The lowest BCUT2D eigenvalue weighted by Crippen LogP contribution is -2.18. The molecule has 0 unspecified atom stereocenters. The summed E-state index contributed by atoms with van der Waals surface area (Å²) < 4.78 is 34.3. The van der Waals surface area contributed by atoms with E-state index in [1.807, 2.05) is 42.5 Å². The van der Waals surface area contributed by atoms with Crippen molar-refractivity contribution >= 4 is 9.84 Å². The number of nitrogens with one attached hydrogen (secondary N) is 1. The van der Waals surface area contributed by atoms with Gasteiger partial charge in [0.15, 0.2) is 9.84 Å². The molecule has 0 heterocycles. The van der Waals surface area contributed by atoms with Gasteiger partial charge in [-0.15, -0.1) is 0 Å². The second-order valence-electron chi connectivity index (χ2n) is 7.21.